The molecule has 0 radical (unpaired) electrons. The van der Waals surface area contributed by atoms with Crippen LogP contribution in [0, 0.1) is 0 Å². The molecule has 0 saturated heterocycles. The zero-order valence-electron chi connectivity index (χ0n) is 9.93. The van der Waals surface area contributed by atoms with E-state index in [0.717, 1.165) is 24.3 Å². The minimum Gasteiger partial charge on any atom is -0.497 e. The summed E-state index contributed by atoms with van der Waals surface area (Å²) >= 11 is 0. The summed E-state index contributed by atoms with van der Waals surface area (Å²) in [6.07, 6.45) is 2.29. The van der Waals surface area contributed by atoms with Gasteiger partial charge in [-0.05, 0) is 37.1 Å². The van der Waals surface area contributed by atoms with Crippen LogP contribution in [0.4, 0.5) is 0 Å². The van der Waals surface area contributed by atoms with Gasteiger partial charge in [0.2, 0.25) is 0 Å². The minimum absolute atomic E-state index is 0.259. The highest BCUT2D eigenvalue weighted by atomic mass is 16.5. The lowest BCUT2D eigenvalue weighted by Crippen LogP contribution is -2.11. The second-order valence-electron chi connectivity index (χ2n) is 3.57. The van der Waals surface area contributed by atoms with Crippen molar-refractivity contribution in [3.05, 3.63) is 24.3 Å². The Kier molecular flexibility index (Phi) is 5.71. The highest BCUT2D eigenvalue weighted by molar-refractivity contribution is 5.79. The molecule has 0 aromatic heterocycles. The molecule has 0 atom stereocenters. The molecule has 0 amide bonds. The zero-order valence-corrected chi connectivity index (χ0v) is 9.93. The second-order valence-corrected chi connectivity index (χ2v) is 3.57. The maximum atomic E-state index is 8.34. The lowest BCUT2D eigenvalue weighted by atomic mass is 10.2. The fraction of sp³-hybridized carbons (Fsp3) is 0.417. The van der Waals surface area contributed by atoms with Gasteiger partial charge in [-0.25, -0.2) is 0 Å². The number of ether oxygens (including phenoxy) is 2. The fourth-order valence-electron chi connectivity index (χ4n) is 1.32. The number of oxime groups is 1. The first kappa shape index (κ1) is 13.2. The van der Waals surface area contributed by atoms with E-state index in [4.69, 9.17) is 20.4 Å². The van der Waals surface area contributed by atoms with E-state index in [1.54, 1.807) is 7.11 Å². The summed E-state index contributed by atoms with van der Waals surface area (Å²) in [5.74, 6) is 1.88. The molecular weight excluding hydrogens is 220 g/mol. The van der Waals surface area contributed by atoms with Crippen LogP contribution in [0.25, 0.3) is 0 Å². The van der Waals surface area contributed by atoms with E-state index < -0.39 is 0 Å². The van der Waals surface area contributed by atoms with Gasteiger partial charge in [0, 0.05) is 6.42 Å². The predicted octanol–water partition coefficient (Wildman–Crippen LogP) is 1.99. The molecule has 5 heteroatoms. The van der Waals surface area contributed by atoms with Gasteiger partial charge in [0.15, 0.2) is 0 Å². The number of methoxy groups -OCH3 is 1. The van der Waals surface area contributed by atoms with E-state index >= 15 is 0 Å². The Morgan fingerprint density at radius 3 is 2.47 bits per heavy atom. The molecule has 1 rings (SSSR count). The summed E-state index contributed by atoms with van der Waals surface area (Å²) in [7, 11) is 1.63. The first-order valence-electron chi connectivity index (χ1n) is 5.49. The van der Waals surface area contributed by atoms with Crippen molar-refractivity contribution in [3.63, 3.8) is 0 Å². The monoisotopic (exact) mass is 238 g/mol. The smallest absolute Gasteiger partial charge is 0.139 e. The van der Waals surface area contributed by atoms with E-state index in [0.29, 0.717) is 13.0 Å². The Morgan fingerprint density at radius 1 is 1.24 bits per heavy atom. The number of nitrogens with two attached hydrogens (primary N) is 1. The van der Waals surface area contributed by atoms with E-state index in [-0.39, 0.29) is 5.84 Å². The third-order valence-corrected chi connectivity index (χ3v) is 2.28. The Bertz CT molecular complexity index is 349. The number of unbranched alkanes of at least 4 members (excludes halogenated alkanes) is 1. The lowest BCUT2D eigenvalue weighted by Gasteiger charge is -2.06. The number of rotatable bonds is 7. The fourth-order valence-corrected chi connectivity index (χ4v) is 1.32. The van der Waals surface area contributed by atoms with Crippen LogP contribution >= 0.6 is 0 Å². The molecule has 0 unspecified atom stereocenters. The van der Waals surface area contributed by atoms with Crippen LogP contribution in [0.2, 0.25) is 0 Å². The molecular formula is C12H18N2O3. The van der Waals surface area contributed by atoms with Crippen molar-refractivity contribution in [3.8, 4) is 11.5 Å². The van der Waals surface area contributed by atoms with Crippen LogP contribution in [-0.2, 0) is 0 Å². The number of hydrogen-bond donors (Lipinski definition) is 2. The van der Waals surface area contributed by atoms with E-state index in [1.165, 1.54) is 0 Å². The summed E-state index contributed by atoms with van der Waals surface area (Å²) in [6.45, 7) is 0.616. The van der Waals surface area contributed by atoms with Crippen molar-refractivity contribution in [1.29, 1.82) is 0 Å². The molecule has 0 bridgehead atoms. The molecule has 1 aromatic carbocycles. The van der Waals surface area contributed by atoms with Crippen molar-refractivity contribution in [2.24, 2.45) is 10.9 Å². The molecule has 3 N–H and O–H groups in total. The maximum absolute atomic E-state index is 8.34. The Hall–Kier alpha value is -1.91. The minimum atomic E-state index is 0.259. The Balaban J connectivity index is 2.17. The molecule has 0 aliphatic heterocycles. The van der Waals surface area contributed by atoms with Crippen molar-refractivity contribution in [1.82, 2.24) is 0 Å². The van der Waals surface area contributed by atoms with Crippen LogP contribution in [-0.4, -0.2) is 24.8 Å². The van der Waals surface area contributed by atoms with Gasteiger partial charge < -0.3 is 20.4 Å². The zero-order chi connectivity index (χ0) is 12.5. The van der Waals surface area contributed by atoms with Crippen molar-refractivity contribution < 1.29 is 14.7 Å². The molecule has 0 fully saturated rings. The molecule has 0 saturated carbocycles. The van der Waals surface area contributed by atoms with Gasteiger partial charge in [-0.1, -0.05) is 5.16 Å². The average molecular weight is 238 g/mol. The first-order chi connectivity index (χ1) is 8.26. The van der Waals surface area contributed by atoms with Gasteiger partial charge in [-0.3, -0.25) is 0 Å². The third kappa shape index (κ3) is 5.10. The quantitative estimate of drug-likeness (QED) is 0.250. The van der Waals surface area contributed by atoms with E-state index in [2.05, 4.69) is 5.16 Å². The maximum Gasteiger partial charge on any atom is 0.139 e. The number of benzene rings is 1. The van der Waals surface area contributed by atoms with Crippen LogP contribution in [0.15, 0.2) is 29.4 Å². The SMILES string of the molecule is COc1ccc(OCCCCC(N)=NO)cc1. The van der Waals surface area contributed by atoms with Gasteiger partial charge in [0.05, 0.1) is 13.7 Å². The molecule has 1 aromatic rings. The van der Waals surface area contributed by atoms with Crippen molar-refractivity contribution in [2.45, 2.75) is 19.3 Å². The molecule has 5 nitrogen and oxygen atoms in total. The van der Waals surface area contributed by atoms with Crippen LogP contribution in [0.1, 0.15) is 19.3 Å². The van der Waals surface area contributed by atoms with Crippen molar-refractivity contribution >= 4 is 5.84 Å². The molecule has 0 aliphatic carbocycles. The normalized spacial score (nSPS) is 11.2. The predicted molar refractivity (Wildman–Crippen MR) is 65.7 cm³/mol. The van der Waals surface area contributed by atoms with Gasteiger partial charge in [-0.15, -0.1) is 0 Å². The molecule has 94 valence electrons. The average Bonchev–Trinajstić information content (AvgIpc) is 2.38. The van der Waals surface area contributed by atoms with Crippen LogP contribution in [0.3, 0.4) is 0 Å². The third-order valence-electron chi connectivity index (χ3n) is 2.28. The highest BCUT2D eigenvalue weighted by Crippen LogP contribution is 2.17. The van der Waals surface area contributed by atoms with E-state index in [1.807, 2.05) is 24.3 Å². The topological polar surface area (TPSA) is 77.1 Å². The summed E-state index contributed by atoms with van der Waals surface area (Å²) in [6, 6.07) is 7.43. The number of hydrogen-bond acceptors (Lipinski definition) is 4. The Labute approximate surface area is 101 Å². The van der Waals surface area contributed by atoms with Gasteiger partial charge in [0.1, 0.15) is 17.3 Å². The molecule has 0 heterocycles. The van der Waals surface area contributed by atoms with Gasteiger partial charge in [0.25, 0.3) is 0 Å². The summed E-state index contributed by atoms with van der Waals surface area (Å²) in [4.78, 5) is 0. The largest absolute Gasteiger partial charge is 0.497 e. The van der Waals surface area contributed by atoms with Gasteiger partial charge >= 0.3 is 0 Å². The molecule has 0 spiro atoms. The number of amidine groups is 1. The van der Waals surface area contributed by atoms with Crippen molar-refractivity contribution in [2.75, 3.05) is 13.7 Å². The summed E-state index contributed by atoms with van der Waals surface area (Å²) < 4.78 is 10.6. The number of nitrogens with zero attached hydrogens (tertiary/aromatic N) is 1. The van der Waals surface area contributed by atoms with Crippen LogP contribution in [0.5, 0.6) is 11.5 Å². The van der Waals surface area contributed by atoms with Gasteiger partial charge in [-0.2, -0.15) is 0 Å². The first-order valence-corrected chi connectivity index (χ1v) is 5.49. The summed E-state index contributed by atoms with van der Waals surface area (Å²) in [5.41, 5.74) is 5.34. The lowest BCUT2D eigenvalue weighted by molar-refractivity contribution is 0.304. The van der Waals surface area contributed by atoms with Crippen LogP contribution < -0.4 is 15.2 Å². The Morgan fingerprint density at radius 2 is 1.88 bits per heavy atom. The second kappa shape index (κ2) is 7.38. The highest BCUT2D eigenvalue weighted by Gasteiger charge is 1.97. The molecule has 0 aliphatic rings. The van der Waals surface area contributed by atoms with E-state index in [9.17, 15) is 0 Å². The molecule has 17 heavy (non-hydrogen) atoms. The standard InChI is InChI=1S/C12H18N2O3/c1-16-10-5-7-11(8-6-10)17-9-3-2-4-12(13)14-15/h5-8,15H,2-4,9H2,1H3,(H2,13,14). The summed E-state index contributed by atoms with van der Waals surface area (Å²) in [5, 5.41) is 11.2.